The van der Waals surface area contributed by atoms with E-state index in [1.165, 1.54) is 193 Å². The summed E-state index contributed by atoms with van der Waals surface area (Å²) in [5, 5.41) is 54.7. The first-order valence-electron chi connectivity index (χ1n) is 31.7. The molecule has 1 heterocycles. The number of hydrogen-bond donors (Lipinski definition) is 6. The van der Waals surface area contributed by atoms with Gasteiger partial charge in [0.05, 0.1) is 25.4 Å². The summed E-state index contributed by atoms with van der Waals surface area (Å²) in [5.74, 6) is -0.180. The number of allylic oxidation sites excluding steroid dienone is 11. The molecule has 1 fully saturated rings. The number of aliphatic hydroxyl groups excluding tert-OH is 5. The molecule has 1 aliphatic heterocycles. The van der Waals surface area contributed by atoms with Crippen molar-refractivity contribution in [2.45, 2.75) is 326 Å². The highest BCUT2D eigenvalue weighted by Crippen LogP contribution is 2.23. The number of carbonyl (C=O) groups is 1. The van der Waals surface area contributed by atoms with E-state index in [4.69, 9.17) is 9.47 Å². The second kappa shape index (κ2) is 55.0. The predicted octanol–water partition coefficient (Wildman–Crippen LogP) is 16.4. The highest BCUT2D eigenvalue weighted by molar-refractivity contribution is 5.76. The fraction of sp³-hybridized carbons (Fsp3) is 0.803. The third kappa shape index (κ3) is 44.2. The molecule has 0 saturated carbocycles. The fourth-order valence-electron chi connectivity index (χ4n) is 9.83. The summed E-state index contributed by atoms with van der Waals surface area (Å²) in [7, 11) is 0. The van der Waals surface area contributed by atoms with Gasteiger partial charge in [-0.05, 0) is 64.2 Å². The topological polar surface area (TPSA) is 149 Å². The highest BCUT2D eigenvalue weighted by atomic mass is 16.7. The van der Waals surface area contributed by atoms with Crippen LogP contribution < -0.4 is 5.32 Å². The van der Waals surface area contributed by atoms with Gasteiger partial charge >= 0.3 is 0 Å². The van der Waals surface area contributed by atoms with Gasteiger partial charge in [0.2, 0.25) is 5.91 Å². The molecule has 7 unspecified atom stereocenters. The Balaban J connectivity index is 2.20. The second-order valence-electron chi connectivity index (χ2n) is 21.8. The second-order valence-corrected chi connectivity index (χ2v) is 21.8. The molecule has 436 valence electrons. The number of amides is 1. The zero-order valence-electron chi connectivity index (χ0n) is 48.5. The van der Waals surface area contributed by atoms with Gasteiger partial charge in [0, 0.05) is 6.42 Å². The van der Waals surface area contributed by atoms with Crippen LogP contribution in [0.4, 0.5) is 0 Å². The molecule has 0 aromatic carbocycles. The molecule has 75 heavy (non-hydrogen) atoms. The van der Waals surface area contributed by atoms with E-state index in [2.05, 4.69) is 79.9 Å². The van der Waals surface area contributed by atoms with Crippen molar-refractivity contribution < 1.29 is 39.8 Å². The summed E-state index contributed by atoms with van der Waals surface area (Å²) in [6.07, 6.45) is 69.7. The van der Waals surface area contributed by atoms with Crippen LogP contribution in [0.1, 0.15) is 284 Å². The minimum absolute atomic E-state index is 0.180. The molecular weight excluding hydrogens is 935 g/mol. The molecule has 0 spiro atoms. The van der Waals surface area contributed by atoms with E-state index in [-0.39, 0.29) is 12.5 Å². The van der Waals surface area contributed by atoms with Crippen LogP contribution >= 0.6 is 0 Å². The van der Waals surface area contributed by atoms with Crippen LogP contribution in [0, 0.1) is 0 Å². The van der Waals surface area contributed by atoms with Crippen molar-refractivity contribution in [3.8, 4) is 0 Å². The van der Waals surface area contributed by atoms with Gasteiger partial charge in [-0.1, -0.05) is 286 Å². The number of carbonyl (C=O) groups excluding carboxylic acids is 1. The van der Waals surface area contributed by atoms with Gasteiger partial charge in [-0.25, -0.2) is 0 Å². The Morgan fingerprint density at radius 2 is 0.827 bits per heavy atom. The Kier molecular flexibility index (Phi) is 51.8. The van der Waals surface area contributed by atoms with E-state index in [0.717, 1.165) is 70.6 Å². The molecule has 9 nitrogen and oxygen atoms in total. The number of unbranched alkanes of at least 4 members (excludes halogenated alkanes) is 34. The zero-order valence-corrected chi connectivity index (χ0v) is 48.5. The van der Waals surface area contributed by atoms with Crippen molar-refractivity contribution in [1.29, 1.82) is 0 Å². The van der Waals surface area contributed by atoms with E-state index < -0.39 is 49.5 Å². The molecule has 1 amide bonds. The third-order valence-electron chi connectivity index (χ3n) is 14.8. The number of hydrogen-bond acceptors (Lipinski definition) is 8. The maximum atomic E-state index is 13.1. The van der Waals surface area contributed by atoms with Crippen LogP contribution in [0.5, 0.6) is 0 Å². The number of ether oxygens (including phenoxy) is 2. The van der Waals surface area contributed by atoms with Crippen LogP contribution in [0.3, 0.4) is 0 Å². The van der Waals surface area contributed by atoms with E-state index in [0.29, 0.717) is 6.42 Å². The largest absolute Gasteiger partial charge is 0.394 e. The van der Waals surface area contributed by atoms with Crippen molar-refractivity contribution in [1.82, 2.24) is 5.32 Å². The average Bonchev–Trinajstić information content (AvgIpc) is 3.41. The lowest BCUT2D eigenvalue weighted by molar-refractivity contribution is -0.302. The first-order chi connectivity index (χ1) is 36.8. The summed E-state index contributed by atoms with van der Waals surface area (Å²) in [6, 6.07) is -0.812. The Hall–Kier alpha value is -2.37. The lowest BCUT2D eigenvalue weighted by Gasteiger charge is -2.40. The van der Waals surface area contributed by atoms with Crippen LogP contribution in [0.2, 0.25) is 0 Å². The molecule has 0 bridgehead atoms. The maximum Gasteiger partial charge on any atom is 0.220 e. The monoisotopic (exact) mass is 1050 g/mol. The number of nitrogens with one attached hydrogen (secondary N) is 1. The summed E-state index contributed by atoms with van der Waals surface area (Å²) in [4.78, 5) is 13.1. The van der Waals surface area contributed by atoms with Gasteiger partial charge in [-0.15, -0.1) is 0 Å². The average molecular weight is 1050 g/mol. The summed E-state index contributed by atoms with van der Waals surface area (Å²) < 4.78 is 11.3. The van der Waals surface area contributed by atoms with E-state index >= 15 is 0 Å². The van der Waals surface area contributed by atoms with Crippen molar-refractivity contribution >= 4 is 5.91 Å². The maximum absolute atomic E-state index is 13.1. The minimum Gasteiger partial charge on any atom is -0.394 e. The highest BCUT2D eigenvalue weighted by Gasteiger charge is 2.44. The molecule has 0 aromatic rings. The standard InChI is InChI=1S/C66H119NO8/c1-3-5-7-9-11-13-15-17-19-21-23-25-27-29-30-32-34-36-38-40-42-44-46-48-50-52-54-56-62(70)67-59(58-74-66-65(73)64(72)63(71)61(57-68)75-66)60(69)55-53-51-49-47-45-43-41-39-37-35-33-31-28-26-24-22-20-18-16-14-12-10-8-6-4-2/h5,7,11,13,17,19,23,25,29-30,53,55,59-61,63-66,68-69,71-73H,3-4,6,8-10,12,14-16,18,20-22,24,26-28,31-52,54,56-58H2,1-2H3,(H,67,70)/b7-5-,13-11-,19-17-,25-23-,30-29-,55-53+. The third-order valence-corrected chi connectivity index (χ3v) is 14.8. The molecule has 1 rings (SSSR count). The zero-order chi connectivity index (χ0) is 54.3. The Morgan fingerprint density at radius 1 is 0.467 bits per heavy atom. The Labute approximate surface area is 461 Å². The Bertz CT molecular complexity index is 1410. The van der Waals surface area contributed by atoms with E-state index in [1.54, 1.807) is 6.08 Å². The number of aliphatic hydroxyl groups is 5. The van der Waals surface area contributed by atoms with Gasteiger partial charge in [-0.3, -0.25) is 4.79 Å². The lowest BCUT2D eigenvalue weighted by atomic mass is 9.99. The van der Waals surface area contributed by atoms with Gasteiger partial charge in [0.15, 0.2) is 6.29 Å². The van der Waals surface area contributed by atoms with Crippen molar-refractivity contribution in [2.24, 2.45) is 0 Å². The van der Waals surface area contributed by atoms with Crippen LogP contribution in [0.15, 0.2) is 72.9 Å². The minimum atomic E-state index is -1.57. The smallest absolute Gasteiger partial charge is 0.220 e. The van der Waals surface area contributed by atoms with E-state index in [1.807, 2.05) is 6.08 Å². The summed E-state index contributed by atoms with van der Waals surface area (Å²) >= 11 is 0. The SMILES string of the molecule is CC/C=C\C/C=C\C/C=C\C/C=C\C/C=C\CCCCCCCCCCCCCC(=O)NC(COC1OC(CO)C(O)C(O)C1O)C(O)/C=C/CCCCCCCCCCCCCCCCCCCCCCCCC. The molecule has 1 saturated heterocycles. The molecule has 6 N–H and O–H groups in total. The molecule has 9 heteroatoms. The lowest BCUT2D eigenvalue weighted by Crippen LogP contribution is -2.60. The van der Waals surface area contributed by atoms with Gasteiger partial charge in [-0.2, -0.15) is 0 Å². The van der Waals surface area contributed by atoms with Crippen molar-refractivity contribution in [2.75, 3.05) is 13.2 Å². The molecular formula is C66H119NO8. The summed E-state index contributed by atoms with van der Waals surface area (Å²) in [5.41, 5.74) is 0. The van der Waals surface area contributed by atoms with Crippen LogP contribution in [-0.2, 0) is 14.3 Å². The first kappa shape index (κ1) is 70.6. The van der Waals surface area contributed by atoms with Crippen molar-refractivity contribution in [3.63, 3.8) is 0 Å². The normalized spacial score (nSPS) is 19.4. The van der Waals surface area contributed by atoms with Gasteiger partial charge in [0.25, 0.3) is 0 Å². The quantitative estimate of drug-likeness (QED) is 0.0261. The van der Waals surface area contributed by atoms with Crippen LogP contribution in [0.25, 0.3) is 0 Å². The van der Waals surface area contributed by atoms with Gasteiger partial charge < -0.3 is 40.3 Å². The van der Waals surface area contributed by atoms with Crippen molar-refractivity contribution in [3.05, 3.63) is 72.9 Å². The summed E-state index contributed by atoms with van der Waals surface area (Å²) in [6.45, 7) is 3.69. The molecule has 0 aliphatic carbocycles. The number of rotatable bonds is 54. The molecule has 7 atom stereocenters. The van der Waals surface area contributed by atoms with Gasteiger partial charge in [0.1, 0.15) is 24.4 Å². The molecule has 0 radical (unpaired) electrons. The van der Waals surface area contributed by atoms with E-state index in [9.17, 15) is 30.3 Å². The molecule has 0 aromatic heterocycles. The fourth-order valence-corrected chi connectivity index (χ4v) is 9.83. The molecule has 1 aliphatic rings. The van der Waals surface area contributed by atoms with Crippen LogP contribution in [-0.4, -0.2) is 87.5 Å². The Morgan fingerprint density at radius 3 is 1.23 bits per heavy atom. The predicted molar refractivity (Wildman–Crippen MR) is 318 cm³/mol. The first-order valence-corrected chi connectivity index (χ1v) is 31.7.